The van der Waals surface area contributed by atoms with Crippen LogP contribution >= 0.6 is 0 Å². The average Bonchev–Trinajstić information content (AvgIpc) is 2.26. The SMILES string of the molecule is CC(O)CNS(=O)(=O)c1ccc(O)c([N+](=O)[O-])c1. The van der Waals surface area contributed by atoms with Crippen molar-refractivity contribution < 1.29 is 23.6 Å². The van der Waals surface area contributed by atoms with E-state index in [1.165, 1.54) is 6.92 Å². The highest BCUT2D eigenvalue weighted by Crippen LogP contribution is 2.27. The lowest BCUT2D eigenvalue weighted by molar-refractivity contribution is -0.386. The van der Waals surface area contributed by atoms with Gasteiger partial charge >= 0.3 is 5.69 Å². The van der Waals surface area contributed by atoms with E-state index >= 15 is 0 Å². The summed E-state index contributed by atoms with van der Waals surface area (Å²) in [6, 6.07) is 2.71. The Morgan fingerprint density at radius 3 is 2.61 bits per heavy atom. The minimum Gasteiger partial charge on any atom is -0.502 e. The van der Waals surface area contributed by atoms with Crippen LogP contribution in [0.5, 0.6) is 5.75 Å². The maximum Gasteiger partial charge on any atom is 0.312 e. The summed E-state index contributed by atoms with van der Waals surface area (Å²) in [6.45, 7) is 1.18. The van der Waals surface area contributed by atoms with Gasteiger partial charge in [-0.25, -0.2) is 13.1 Å². The van der Waals surface area contributed by atoms with E-state index in [4.69, 9.17) is 5.11 Å². The minimum atomic E-state index is -3.95. The molecule has 0 aromatic heterocycles. The molecule has 0 aliphatic carbocycles. The molecule has 1 atom stereocenters. The van der Waals surface area contributed by atoms with Crippen LogP contribution < -0.4 is 4.72 Å². The van der Waals surface area contributed by atoms with E-state index < -0.39 is 32.5 Å². The third-order valence-electron chi connectivity index (χ3n) is 2.02. The van der Waals surface area contributed by atoms with Crippen molar-refractivity contribution in [3.05, 3.63) is 28.3 Å². The first kappa shape index (κ1) is 14.4. The summed E-state index contributed by atoms with van der Waals surface area (Å²) < 4.78 is 25.5. The van der Waals surface area contributed by atoms with Crippen LogP contribution in [0.1, 0.15) is 6.92 Å². The van der Waals surface area contributed by atoms with Crippen LogP contribution in [0.3, 0.4) is 0 Å². The van der Waals surface area contributed by atoms with E-state index in [1.54, 1.807) is 0 Å². The normalized spacial score (nSPS) is 13.2. The Morgan fingerprint density at radius 2 is 2.11 bits per heavy atom. The fraction of sp³-hybridized carbons (Fsp3) is 0.333. The Morgan fingerprint density at radius 1 is 1.50 bits per heavy atom. The van der Waals surface area contributed by atoms with Gasteiger partial charge in [0.25, 0.3) is 0 Å². The highest BCUT2D eigenvalue weighted by atomic mass is 32.2. The summed E-state index contributed by atoms with van der Waals surface area (Å²) in [4.78, 5) is 9.32. The molecule has 1 aromatic rings. The molecule has 0 amide bonds. The van der Waals surface area contributed by atoms with Gasteiger partial charge in [0.2, 0.25) is 10.0 Å². The van der Waals surface area contributed by atoms with Crippen LogP contribution in [0.25, 0.3) is 0 Å². The van der Waals surface area contributed by atoms with Crippen molar-refractivity contribution in [1.82, 2.24) is 4.72 Å². The number of benzene rings is 1. The average molecular weight is 276 g/mol. The Balaban J connectivity index is 3.10. The van der Waals surface area contributed by atoms with Crippen molar-refractivity contribution in [2.24, 2.45) is 0 Å². The van der Waals surface area contributed by atoms with Crippen LogP contribution in [-0.4, -0.2) is 36.2 Å². The van der Waals surface area contributed by atoms with E-state index in [2.05, 4.69) is 4.72 Å². The molecule has 100 valence electrons. The molecule has 0 spiro atoms. The molecule has 3 N–H and O–H groups in total. The third-order valence-corrected chi connectivity index (χ3v) is 3.44. The number of nitro groups is 1. The van der Waals surface area contributed by atoms with E-state index in [-0.39, 0.29) is 11.4 Å². The van der Waals surface area contributed by atoms with E-state index in [0.29, 0.717) is 0 Å². The van der Waals surface area contributed by atoms with Crippen LogP contribution in [0.15, 0.2) is 23.1 Å². The summed E-state index contributed by atoms with van der Waals surface area (Å²) >= 11 is 0. The number of nitrogens with one attached hydrogen (secondary N) is 1. The molecule has 18 heavy (non-hydrogen) atoms. The fourth-order valence-corrected chi connectivity index (χ4v) is 2.27. The largest absolute Gasteiger partial charge is 0.502 e. The van der Waals surface area contributed by atoms with Crippen LogP contribution in [0, 0.1) is 10.1 Å². The topological polar surface area (TPSA) is 130 Å². The molecule has 0 fully saturated rings. The molecule has 9 heteroatoms. The second kappa shape index (κ2) is 5.29. The number of phenolic OH excluding ortho intramolecular Hbond substituents is 1. The Labute approximate surface area is 103 Å². The number of aliphatic hydroxyl groups is 1. The van der Waals surface area contributed by atoms with Gasteiger partial charge in [0, 0.05) is 12.6 Å². The Bertz CT molecular complexity index is 554. The quantitative estimate of drug-likeness (QED) is 0.511. The lowest BCUT2D eigenvalue weighted by atomic mass is 10.3. The summed E-state index contributed by atoms with van der Waals surface area (Å²) in [5.41, 5.74) is -0.699. The fourth-order valence-electron chi connectivity index (χ4n) is 1.13. The van der Waals surface area contributed by atoms with Gasteiger partial charge in [-0.15, -0.1) is 0 Å². The monoisotopic (exact) mass is 276 g/mol. The molecule has 0 heterocycles. The van der Waals surface area contributed by atoms with E-state index in [9.17, 15) is 23.6 Å². The number of rotatable bonds is 5. The van der Waals surface area contributed by atoms with Gasteiger partial charge in [-0.2, -0.15) is 0 Å². The summed E-state index contributed by atoms with van der Waals surface area (Å²) in [5.74, 6) is -0.616. The highest BCUT2D eigenvalue weighted by Gasteiger charge is 2.21. The van der Waals surface area contributed by atoms with Gasteiger partial charge in [-0.3, -0.25) is 10.1 Å². The molecule has 0 bridgehead atoms. The lowest BCUT2D eigenvalue weighted by Crippen LogP contribution is -2.30. The molecule has 1 aromatic carbocycles. The first-order valence-corrected chi connectivity index (χ1v) is 6.37. The lowest BCUT2D eigenvalue weighted by Gasteiger charge is -2.08. The van der Waals surface area contributed by atoms with Gasteiger partial charge in [-0.05, 0) is 19.1 Å². The maximum absolute atomic E-state index is 11.7. The molecular formula is C9H12N2O6S. The number of nitrogens with zero attached hydrogens (tertiary/aromatic N) is 1. The number of phenols is 1. The Kier molecular flexibility index (Phi) is 4.22. The van der Waals surface area contributed by atoms with Crippen LogP contribution in [0.4, 0.5) is 5.69 Å². The zero-order valence-corrected chi connectivity index (χ0v) is 10.2. The summed E-state index contributed by atoms with van der Waals surface area (Å²) in [7, 11) is -3.95. The van der Waals surface area contributed by atoms with Gasteiger partial charge in [0.1, 0.15) is 0 Å². The predicted molar refractivity (Wildman–Crippen MR) is 61.6 cm³/mol. The predicted octanol–water partition coefficient (Wildman–Crippen LogP) is -0.0405. The van der Waals surface area contributed by atoms with Gasteiger partial charge in [0.15, 0.2) is 5.75 Å². The van der Waals surface area contributed by atoms with Crippen molar-refractivity contribution in [2.45, 2.75) is 17.9 Å². The van der Waals surface area contributed by atoms with Gasteiger partial charge in [-0.1, -0.05) is 0 Å². The summed E-state index contributed by atoms with van der Waals surface area (Å²) in [5, 5.41) is 28.7. The molecule has 1 rings (SSSR count). The van der Waals surface area contributed by atoms with Crippen molar-refractivity contribution in [2.75, 3.05) is 6.54 Å². The summed E-state index contributed by atoms with van der Waals surface area (Å²) in [6.07, 6.45) is -0.883. The van der Waals surface area contributed by atoms with Gasteiger partial charge in [0.05, 0.1) is 15.9 Å². The van der Waals surface area contributed by atoms with Crippen LogP contribution in [-0.2, 0) is 10.0 Å². The number of aliphatic hydroxyl groups excluding tert-OH is 1. The second-order valence-electron chi connectivity index (χ2n) is 3.61. The second-order valence-corrected chi connectivity index (χ2v) is 5.38. The molecule has 8 nitrogen and oxygen atoms in total. The van der Waals surface area contributed by atoms with Gasteiger partial charge < -0.3 is 10.2 Å². The highest BCUT2D eigenvalue weighted by molar-refractivity contribution is 7.89. The molecule has 0 saturated carbocycles. The Hall–Kier alpha value is -1.71. The molecule has 1 unspecified atom stereocenters. The number of hydrogen-bond acceptors (Lipinski definition) is 6. The third kappa shape index (κ3) is 3.39. The smallest absolute Gasteiger partial charge is 0.312 e. The molecule has 0 aliphatic rings. The molecule has 0 aliphatic heterocycles. The zero-order chi connectivity index (χ0) is 13.9. The number of sulfonamides is 1. The maximum atomic E-state index is 11.7. The first-order chi connectivity index (χ1) is 8.24. The van der Waals surface area contributed by atoms with Crippen molar-refractivity contribution >= 4 is 15.7 Å². The molecule has 0 saturated heterocycles. The number of aromatic hydroxyl groups is 1. The zero-order valence-electron chi connectivity index (χ0n) is 9.40. The standard InChI is InChI=1S/C9H12N2O6S/c1-6(12)5-10-18(16,17)7-2-3-9(13)8(4-7)11(14)15/h2-4,6,10,12-13H,5H2,1H3. The number of nitro benzene ring substituents is 1. The molecular weight excluding hydrogens is 264 g/mol. The van der Waals surface area contributed by atoms with E-state index in [1.807, 2.05) is 0 Å². The molecule has 0 radical (unpaired) electrons. The minimum absolute atomic E-state index is 0.211. The van der Waals surface area contributed by atoms with Crippen molar-refractivity contribution in [3.63, 3.8) is 0 Å². The first-order valence-electron chi connectivity index (χ1n) is 4.89. The van der Waals surface area contributed by atoms with E-state index in [0.717, 1.165) is 18.2 Å². The van der Waals surface area contributed by atoms with Crippen LogP contribution in [0.2, 0.25) is 0 Å². The number of hydrogen-bond donors (Lipinski definition) is 3. The van der Waals surface area contributed by atoms with Crippen molar-refractivity contribution in [1.29, 1.82) is 0 Å². The van der Waals surface area contributed by atoms with Crippen molar-refractivity contribution in [3.8, 4) is 5.75 Å².